The number of likely N-dealkylation sites (tertiary alicyclic amines) is 1. The molecule has 0 bridgehead atoms. The molecule has 0 atom stereocenters. The van der Waals surface area contributed by atoms with Gasteiger partial charge in [-0.1, -0.05) is 6.07 Å². The quantitative estimate of drug-likeness (QED) is 0.457. The van der Waals surface area contributed by atoms with Crippen LogP contribution in [0, 0.1) is 6.92 Å². The van der Waals surface area contributed by atoms with E-state index < -0.39 is 0 Å². The average molecular weight is 415 g/mol. The van der Waals surface area contributed by atoms with Crippen molar-refractivity contribution in [3.05, 3.63) is 71.5 Å². The summed E-state index contributed by atoms with van der Waals surface area (Å²) in [6, 6.07) is 7.85. The molecule has 1 aliphatic rings. The Balaban J connectivity index is 1.63. The van der Waals surface area contributed by atoms with Crippen LogP contribution in [0.3, 0.4) is 0 Å². The van der Waals surface area contributed by atoms with Crippen molar-refractivity contribution in [2.75, 3.05) is 18.4 Å². The van der Waals surface area contributed by atoms with E-state index in [-0.39, 0.29) is 5.91 Å². The van der Waals surface area contributed by atoms with Crippen LogP contribution in [0.15, 0.2) is 59.6 Å². The maximum atomic E-state index is 12.8. The summed E-state index contributed by atoms with van der Waals surface area (Å²) in [4.78, 5) is 23.3. The fourth-order valence-electron chi connectivity index (χ4n) is 3.83. The second-order valence-electron chi connectivity index (χ2n) is 7.80. The van der Waals surface area contributed by atoms with Gasteiger partial charge in [0.15, 0.2) is 5.69 Å². The summed E-state index contributed by atoms with van der Waals surface area (Å²) in [6.07, 6.45) is 9.68. The van der Waals surface area contributed by atoms with Gasteiger partial charge >= 0.3 is 0 Å². The highest BCUT2D eigenvalue weighted by Crippen LogP contribution is 2.25. The van der Waals surface area contributed by atoms with E-state index in [0.29, 0.717) is 11.4 Å². The molecule has 4 rings (SSSR count). The van der Waals surface area contributed by atoms with Gasteiger partial charge in [0.1, 0.15) is 0 Å². The molecule has 7 nitrogen and oxygen atoms in total. The van der Waals surface area contributed by atoms with Gasteiger partial charge in [0.05, 0.1) is 23.1 Å². The molecule has 1 aliphatic heterocycles. The van der Waals surface area contributed by atoms with Gasteiger partial charge in [-0.3, -0.25) is 19.9 Å². The van der Waals surface area contributed by atoms with Crippen LogP contribution >= 0.6 is 0 Å². The summed E-state index contributed by atoms with van der Waals surface area (Å²) in [6.45, 7) is 9.67. The second-order valence-corrected chi connectivity index (χ2v) is 7.80. The molecular weight excluding hydrogens is 388 g/mol. The summed E-state index contributed by atoms with van der Waals surface area (Å²) in [7, 11) is 0. The number of aliphatic imine (C=N–C) groups is 1. The maximum Gasteiger partial charge on any atom is 0.276 e. The van der Waals surface area contributed by atoms with Gasteiger partial charge in [0.2, 0.25) is 0 Å². The molecule has 0 radical (unpaired) electrons. The van der Waals surface area contributed by atoms with Crippen LogP contribution in [0.25, 0.3) is 16.5 Å². The number of aromatic nitrogens is 3. The van der Waals surface area contributed by atoms with E-state index in [2.05, 4.69) is 50.1 Å². The van der Waals surface area contributed by atoms with E-state index in [1.165, 1.54) is 12.8 Å². The number of benzene rings is 1. The number of H-pyrrole nitrogens is 1. The summed E-state index contributed by atoms with van der Waals surface area (Å²) < 4.78 is 0. The van der Waals surface area contributed by atoms with E-state index in [1.54, 1.807) is 18.6 Å². The van der Waals surface area contributed by atoms with E-state index in [0.717, 1.165) is 46.4 Å². The minimum Gasteiger partial charge on any atom is -0.370 e. The van der Waals surface area contributed by atoms with Crippen LogP contribution in [0.5, 0.6) is 0 Å². The highest BCUT2D eigenvalue weighted by molar-refractivity contribution is 6.11. The van der Waals surface area contributed by atoms with Crippen LogP contribution in [0.2, 0.25) is 0 Å². The molecule has 31 heavy (non-hydrogen) atoms. The topological polar surface area (TPSA) is 86.3 Å². The number of carbonyl (C=O) groups is 1. The number of hydrogen-bond acceptors (Lipinski definition) is 5. The maximum absolute atomic E-state index is 12.8. The van der Waals surface area contributed by atoms with Gasteiger partial charge in [-0.25, -0.2) is 0 Å². The Labute approximate surface area is 181 Å². The molecule has 3 heterocycles. The standard InChI is InChI=1S/C24H26N6O/c1-16-10-19(14-26-13-16)27-24(31)23-21-12-18(6-7-22(21)28-29-23)17(2)11-20(15-25-3)30-8-4-5-9-30/h6-7,10-15H,3-5,8-9H2,1-2H3,(H,27,31)(H,28,29)/b17-11+,20-15+. The molecule has 1 amide bonds. The Hall–Kier alpha value is -3.74. The molecule has 7 heteroatoms. The molecule has 0 unspecified atom stereocenters. The minimum absolute atomic E-state index is 0.272. The number of carbonyl (C=O) groups excluding carboxylic acids is 1. The molecule has 3 aromatic rings. The molecule has 2 N–H and O–H groups in total. The number of allylic oxidation sites excluding steroid dienone is 2. The van der Waals surface area contributed by atoms with Crippen LogP contribution in [0.4, 0.5) is 5.69 Å². The third kappa shape index (κ3) is 4.55. The lowest BCUT2D eigenvalue weighted by molar-refractivity contribution is 0.102. The van der Waals surface area contributed by atoms with Gasteiger partial charge < -0.3 is 10.2 Å². The Kier molecular flexibility index (Phi) is 5.93. The fourth-order valence-corrected chi connectivity index (χ4v) is 3.83. The van der Waals surface area contributed by atoms with Gasteiger partial charge in [0.25, 0.3) is 5.91 Å². The third-order valence-electron chi connectivity index (χ3n) is 5.43. The lowest BCUT2D eigenvalue weighted by Crippen LogP contribution is -2.17. The van der Waals surface area contributed by atoms with Gasteiger partial charge in [-0.15, -0.1) is 0 Å². The number of nitrogens with one attached hydrogen (secondary N) is 2. The third-order valence-corrected chi connectivity index (χ3v) is 5.43. The molecule has 0 spiro atoms. The summed E-state index contributed by atoms with van der Waals surface area (Å²) in [5, 5.41) is 10.9. The minimum atomic E-state index is -0.272. The van der Waals surface area contributed by atoms with E-state index in [4.69, 9.17) is 0 Å². The molecule has 2 aromatic heterocycles. The van der Waals surface area contributed by atoms with Crippen molar-refractivity contribution < 1.29 is 4.79 Å². The van der Waals surface area contributed by atoms with Crippen molar-refractivity contribution >= 4 is 34.8 Å². The second kappa shape index (κ2) is 8.95. The summed E-state index contributed by atoms with van der Waals surface area (Å²) in [5.41, 5.74) is 5.95. The van der Waals surface area contributed by atoms with Crippen LogP contribution in [-0.4, -0.2) is 45.8 Å². The predicted molar refractivity (Wildman–Crippen MR) is 125 cm³/mol. The first-order valence-electron chi connectivity index (χ1n) is 10.4. The monoisotopic (exact) mass is 414 g/mol. The lowest BCUT2D eigenvalue weighted by Gasteiger charge is -2.19. The molecule has 1 fully saturated rings. The Morgan fingerprint density at radius 1 is 1.26 bits per heavy atom. The Morgan fingerprint density at radius 2 is 2.06 bits per heavy atom. The molecule has 1 aromatic carbocycles. The largest absolute Gasteiger partial charge is 0.370 e. The van der Waals surface area contributed by atoms with E-state index >= 15 is 0 Å². The number of rotatable bonds is 6. The number of aryl methyl sites for hydroxylation is 1. The van der Waals surface area contributed by atoms with E-state index in [1.807, 2.05) is 31.2 Å². The van der Waals surface area contributed by atoms with Crippen molar-refractivity contribution in [1.82, 2.24) is 20.1 Å². The molecule has 1 saturated heterocycles. The lowest BCUT2D eigenvalue weighted by atomic mass is 10.0. The zero-order valence-electron chi connectivity index (χ0n) is 17.9. The van der Waals surface area contributed by atoms with Gasteiger partial charge in [-0.05, 0) is 74.4 Å². The first-order valence-corrected chi connectivity index (χ1v) is 10.4. The van der Waals surface area contributed by atoms with Gasteiger partial charge in [-0.2, -0.15) is 5.10 Å². The SMILES string of the molecule is C=N/C=C(\C=C(/C)c1ccc2[nH]nc(C(=O)Nc3cncc(C)c3)c2c1)N1CCCC1. The number of aromatic amines is 1. The highest BCUT2D eigenvalue weighted by Gasteiger charge is 2.17. The highest BCUT2D eigenvalue weighted by atomic mass is 16.1. The Bertz CT molecular complexity index is 1180. The van der Waals surface area contributed by atoms with Crippen molar-refractivity contribution in [3.63, 3.8) is 0 Å². The number of anilines is 1. The molecule has 158 valence electrons. The zero-order valence-corrected chi connectivity index (χ0v) is 17.9. The summed E-state index contributed by atoms with van der Waals surface area (Å²) >= 11 is 0. The van der Waals surface area contributed by atoms with Crippen molar-refractivity contribution in [1.29, 1.82) is 0 Å². The number of fused-ring (bicyclic) bond motifs is 1. The average Bonchev–Trinajstić information content (AvgIpc) is 3.43. The summed E-state index contributed by atoms with van der Waals surface area (Å²) in [5.74, 6) is -0.272. The Morgan fingerprint density at radius 3 is 2.81 bits per heavy atom. The van der Waals surface area contributed by atoms with Crippen molar-refractivity contribution in [3.8, 4) is 0 Å². The molecule has 0 saturated carbocycles. The first kappa shape index (κ1) is 20.5. The zero-order chi connectivity index (χ0) is 21.8. The number of amides is 1. The molecule has 0 aliphatic carbocycles. The molecular formula is C24H26N6O. The number of pyridine rings is 1. The first-order chi connectivity index (χ1) is 15.0. The number of hydrogen-bond donors (Lipinski definition) is 2. The predicted octanol–water partition coefficient (Wildman–Crippen LogP) is 4.56. The van der Waals surface area contributed by atoms with Crippen LogP contribution in [0.1, 0.15) is 41.4 Å². The fraction of sp³-hybridized carbons (Fsp3) is 0.250. The van der Waals surface area contributed by atoms with Crippen molar-refractivity contribution in [2.45, 2.75) is 26.7 Å². The van der Waals surface area contributed by atoms with Crippen LogP contribution in [-0.2, 0) is 0 Å². The van der Waals surface area contributed by atoms with Crippen LogP contribution < -0.4 is 5.32 Å². The normalized spacial score (nSPS) is 14.8. The van der Waals surface area contributed by atoms with Crippen molar-refractivity contribution in [2.24, 2.45) is 4.99 Å². The van der Waals surface area contributed by atoms with Gasteiger partial charge in [0, 0.05) is 30.9 Å². The van der Waals surface area contributed by atoms with E-state index in [9.17, 15) is 4.79 Å². The number of nitrogens with zero attached hydrogens (tertiary/aromatic N) is 4. The smallest absolute Gasteiger partial charge is 0.276 e.